The van der Waals surface area contributed by atoms with Crippen LogP contribution < -0.4 is 9.62 Å². The molecule has 0 saturated carbocycles. The Hall–Kier alpha value is -3.19. The quantitative estimate of drug-likeness (QED) is 0.604. The Kier molecular flexibility index (Phi) is 6.52. The van der Waals surface area contributed by atoms with Crippen LogP contribution in [0.5, 0.6) is 0 Å². The molecule has 0 aromatic heterocycles. The van der Waals surface area contributed by atoms with Crippen molar-refractivity contribution in [1.82, 2.24) is 5.32 Å². The molecule has 0 aliphatic rings. The molecule has 5 nitrogen and oxygen atoms in total. The van der Waals surface area contributed by atoms with Gasteiger partial charge in [0.05, 0.1) is 16.6 Å². The number of benzene rings is 3. The van der Waals surface area contributed by atoms with Gasteiger partial charge in [0.15, 0.2) is 0 Å². The molecule has 1 N–H and O–H groups in total. The molecule has 156 valence electrons. The fourth-order valence-electron chi connectivity index (χ4n) is 3.10. The lowest BCUT2D eigenvalue weighted by molar-refractivity contribution is 0.0940. The Bertz CT molecular complexity index is 1100. The first kappa shape index (κ1) is 21.5. The van der Waals surface area contributed by atoms with Gasteiger partial charge in [0.1, 0.15) is 5.82 Å². The minimum absolute atomic E-state index is 0.210. The van der Waals surface area contributed by atoms with Crippen molar-refractivity contribution in [2.75, 3.05) is 10.8 Å². The number of carbonyl (C=O) groups is 1. The summed E-state index contributed by atoms with van der Waals surface area (Å²) in [4.78, 5) is 12.8. The number of halogens is 1. The van der Waals surface area contributed by atoms with Crippen LogP contribution in [0.1, 0.15) is 35.8 Å². The van der Waals surface area contributed by atoms with Gasteiger partial charge in [-0.15, -0.1) is 0 Å². The molecule has 0 spiro atoms. The number of anilines is 1. The Balaban J connectivity index is 1.76. The molecule has 3 aromatic rings. The molecule has 0 aliphatic heterocycles. The Morgan fingerprint density at radius 3 is 2.13 bits per heavy atom. The molecule has 0 heterocycles. The van der Waals surface area contributed by atoms with E-state index in [0.29, 0.717) is 11.3 Å². The van der Waals surface area contributed by atoms with Crippen molar-refractivity contribution in [3.8, 4) is 0 Å². The predicted molar refractivity (Wildman–Crippen MR) is 115 cm³/mol. The second-order valence-electron chi connectivity index (χ2n) is 6.78. The largest absolute Gasteiger partial charge is 0.346 e. The lowest BCUT2D eigenvalue weighted by Crippen LogP contribution is -2.31. The van der Waals surface area contributed by atoms with Crippen LogP contribution in [0.15, 0.2) is 83.8 Å². The van der Waals surface area contributed by atoms with Gasteiger partial charge in [-0.2, -0.15) is 0 Å². The molecule has 0 radical (unpaired) electrons. The number of carbonyl (C=O) groups excluding carboxylic acids is 1. The third kappa shape index (κ3) is 4.68. The van der Waals surface area contributed by atoms with Crippen LogP contribution in [0.2, 0.25) is 0 Å². The van der Waals surface area contributed by atoms with Crippen LogP contribution in [0.4, 0.5) is 10.1 Å². The Morgan fingerprint density at radius 1 is 0.967 bits per heavy atom. The molecule has 7 heteroatoms. The molecule has 1 atom stereocenters. The van der Waals surface area contributed by atoms with E-state index in [1.165, 1.54) is 16.4 Å². The van der Waals surface area contributed by atoms with E-state index in [0.717, 1.165) is 5.56 Å². The highest BCUT2D eigenvalue weighted by atomic mass is 32.2. The molecular weight excluding hydrogens is 403 g/mol. The molecule has 1 amide bonds. The van der Waals surface area contributed by atoms with E-state index >= 15 is 0 Å². The van der Waals surface area contributed by atoms with Crippen LogP contribution in [0, 0.1) is 5.82 Å². The van der Waals surface area contributed by atoms with Gasteiger partial charge in [0.25, 0.3) is 15.9 Å². The maximum absolute atomic E-state index is 13.1. The summed E-state index contributed by atoms with van der Waals surface area (Å²) in [6.07, 6.45) is 0. The summed E-state index contributed by atoms with van der Waals surface area (Å²) < 4.78 is 40.2. The highest BCUT2D eigenvalue weighted by molar-refractivity contribution is 7.92. The molecule has 0 fully saturated rings. The number of hydrogen-bond acceptors (Lipinski definition) is 3. The zero-order valence-electron chi connectivity index (χ0n) is 16.7. The summed E-state index contributed by atoms with van der Waals surface area (Å²) in [6.45, 7) is 3.82. The Morgan fingerprint density at radius 2 is 1.57 bits per heavy atom. The fraction of sp³-hybridized carbons (Fsp3) is 0.174. The zero-order chi connectivity index (χ0) is 21.7. The van der Waals surface area contributed by atoms with Gasteiger partial charge in [-0.1, -0.05) is 30.3 Å². The molecule has 0 aliphatic carbocycles. The first-order valence-corrected chi connectivity index (χ1v) is 11.0. The maximum Gasteiger partial charge on any atom is 0.264 e. The Labute approximate surface area is 176 Å². The van der Waals surface area contributed by atoms with E-state index in [1.54, 1.807) is 73.7 Å². The van der Waals surface area contributed by atoms with E-state index < -0.39 is 10.0 Å². The van der Waals surface area contributed by atoms with Gasteiger partial charge in [-0.05, 0) is 67.9 Å². The number of amides is 1. The van der Waals surface area contributed by atoms with Crippen molar-refractivity contribution >= 4 is 21.6 Å². The summed E-state index contributed by atoms with van der Waals surface area (Å²) in [7, 11) is -3.69. The van der Waals surface area contributed by atoms with Crippen molar-refractivity contribution in [2.24, 2.45) is 0 Å². The normalized spacial score (nSPS) is 12.2. The molecule has 3 rings (SSSR count). The van der Waals surface area contributed by atoms with Crippen molar-refractivity contribution in [2.45, 2.75) is 24.8 Å². The van der Waals surface area contributed by atoms with Crippen LogP contribution in [-0.2, 0) is 10.0 Å². The molecule has 0 saturated heterocycles. The van der Waals surface area contributed by atoms with Crippen LogP contribution in [0.3, 0.4) is 0 Å². The van der Waals surface area contributed by atoms with E-state index in [2.05, 4.69) is 5.32 Å². The molecule has 0 unspecified atom stereocenters. The number of nitrogens with one attached hydrogen (secondary N) is 1. The minimum atomic E-state index is -3.69. The van der Waals surface area contributed by atoms with Gasteiger partial charge in [-0.3, -0.25) is 9.10 Å². The van der Waals surface area contributed by atoms with Gasteiger partial charge < -0.3 is 5.32 Å². The lowest BCUT2D eigenvalue weighted by Gasteiger charge is -2.23. The van der Waals surface area contributed by atoms with E-state index in [1.807, 2.05) is 6.92 Å². The fourth-order valence-corrected chi connectivity index (χ4v) is 4.60. The van der Waals surface area contributed by atoms with E-state index in [4.69, 9.17) is 0 Å². The minimum Gasteiger partial charge on any atom is -0.346 e. The standard InChI is InChI=1S/C23H23FN2O3S/c1-3-26(30(28,29)22-7-5-4-6-8-22)21-15-11-19(12-16-21)23(27)25-17(2)18-9-13-20(24)14-10-18/h4-17H,3H2,1-2H3,(H,25,27)/t17-/m1/s1. The summed E-state index contributed by atoms with van der Waals surface area (Å²) in [5, 5.41) is 2.86. The van der Waals surface area contributed by atoms with Crippen LogP contribution >= 0.6 is 0 Å². The van der Waals surface area contributed by atoms with Gasteiger partial charge >= 0.3 is 0 Å². The third-order valence-corrected chi connectivity index (χ3v) is 6.67. The number of sulfonamides is 1. The van der Waals surface area contributed by atoms with E-state index in [9.17, 15) is 17.6 Å². The highest BCUT2D eigenvalue weighted by Crippen LogP contribution is 2.24. The average molecular weight is 427 g/mol. The van der Waals surface area contributed by atoms with Crippen molar-refractivity contribution < 1.29 is 17.6 Å². The van der Waals surface area contributed by atoms with Crippen molar-refractivity contribution in [3.05, 3.63) is 95.8 Å². The number of nitrogens with zero attached hydrogens (tertiary/aromatic N) is 1. The first-order valence-electron chi connectivity index (χ1n) is 9.57. The topological polar surface area (TPSA) is 66.5 Å². The van der Waals surface area contributed by atoms with Gasteiger partial charge in [0.2, 0.25) is 0 Å². The summed E-state index contributed by atoms with van der Waals surface area (Å²) >= 11 is 0. The van der Waals surface area contributed by atoms with Gasteiger partial charge in [-0.25, -0.2) is 12.8 Å². The van der Waals surface area contributed by atoms with Crippen LogP contribution in [0.25, 0.3) is 0 Å². The second-order valence-corrected chi connectivity index (χ2v) is 8.64. The molecule has 3 aromatic carbocycles. The van der Waals surface area contributed by atoms with E-state index in [-0.39, 0.29) is 29.2 Å². The van der Waals surface area contributed by atoms with Crippen molar-refractivity contribution in [3.63, 3.8) is 0 Å². The highest BCUT2D eigenvalue weighted by Gasteiger charge is 2.23. The predicted octanol–water partition coefficient (Wildman–Crippen LogP) is 4.53. The summed E-state index contributed by atoms with van der Waals surface area (Å²) in [5.41, 5.74) is 1.66. The summed E-state index contributed by atoms with van der Waals surface area (Å²) in [6, 6.07) is 20.3. The molecule has 30 heavy (non-hydrogen) atoms. The van der Waals surface area contributed by atoms with Gasteiger partial charge in [0, 0.05) is 12.1 Å². The summed E-state index contributed by atoms with van der Waals surface area (Å²) in [5.74, 6) is -0.633. The maximum atomic E-state index is 13.1. The monoisotopic (exact) mass is 426 g/mol. The second kappa shape index (κ2) is 9.09. The number of hydrogen-bond donors (Lipinski definition) is 1. The SMILES string of the molecule is CCN(c1ccc(C(=O)N[C@H](C)c2ccc(F)cc2)cc1)S(=O)(=O)c1ccccc1. The van der Waals surface area contributed by atoms with Crippen LogP contribution in [-0.4, -0.2) is 20.9 Å². The molecular formula is C23H23FN2O3S. The number of rotatable bonds is 7. The first-order chi connectivity index (χ1) is 14.3. The lowest BCUT2D eigenvalue weighted by atomic mass is 10.1. The molecule has 0 bridgehead atoms. The smallest absolute Gasteiger partial charge is 0.264 e. The third-order valence-electron chi connectivity index (χ3n) is 4.75. The zero-order valence-corrected chi connectivity index (χ0v) is 17.6. The average Bonchev–Trinajstić information content (AvgIpc) is 2.75. The van der Waals surface area contributed by atoms with Crippen molar-refractivity contribution in [1.29, 1.82) is 0 Å².